The summed E-state index contributed by atoms with van der Waals surface area (Å²) in [5.41, 5.74) is 3.99. The molecule has 0 saturated carbocycles. The van der Waals surface area contributed by atoms with E-state index in [1.807, 2.05) is 60.8 Å². The zero-order chi connectivity index (χ0) is 20.7. The number of rotatable bonds is 4. The summed E-state index contributed by atoms with van der Waals surface area (Å²) >= 11 is 0. The topological polar surface area (TPSA) is 107 Å². The summed E-state index contributed by atoms with van der Waals surface area (Å²) in [6.07, 6.45) is 1.86. The third-order valence-corrected chi connectivity index (χ3v) is 5.03. The summed E-state index contributed by atoms with van der Waals surface area (Å²) in [5.74, 6) is -0.0872. The number of non-ortho nitro benzene ring substituents is 1. The van der Waals surface area contributed by atoms with E-state index in [2.05, 4.69) is 9.97 Å². The minimum Gasteiger partial charge on any atom is -0.494 e. The lowest BCUT2D eigenvalue weighted by Crippen LogP contribution is -2.03. The van der Waals surface area contributed by atoms with Gasteiger partial charge in [0.25, 0.3) is 5.69 Å². The van der Waals surface area contributed by atoms with Crippen LogP contribution in [0.2, 0.25) is 0 Å². The molecule has 0 spiro atoms. The number of nitro groups is 1. The van der Waals surface area contributed by atoms with E-state index in [1.54, 1.807) is 6.07 Å². The second-order valence-corrected chi connectivity index (χ2v) is 6.91. The van der Waals surface area contributed by atoms with Crippen molar-refractivity contribution in [3.05, 3.63) is 100 Å². The Morgan fingerprint density at radius 2 is 1.77 bits per heavy atom. The van der Waals surface area contributed by atoms with Gasteiger partial charge in [-0.1, -0.05) is 30.3 Å². The number of fused-ring (bicyclic) bond motifs is 2. The molecule has 5 rings (SSSR count). The Hall–Kier alpha value is -4.39. The molecule has 3 aromatic carbocycles. The molecule has 7 nitrogen and oxygen atoms in total. The summed E-state index contributed by atoms with van der Waals surface area (Å²) in [6, 6.07) is 21.6. The van der Waals surface area contributed by atoms with Gasteiger partial charge in [-0.05, 0) is 30.3 Å². The Bertz CT molecular complexity index is 1430. The van der Waals surface area contributed by atoms with Gasteiger partial charge in [0.2, 0.25) is 0 Å². The highest BCUT2D eigenvalue weighted by Gasteiger charge is 2.20. The van der Waals surface area contributed by atoms with E-state index in [0.717, 1.165) is 16.5 Å². The minimum atomic E-state index is -0.452. The highest BCUT2D eigenvalue weighted by atomic mass is 16.6. The SMILES string of the molecule is O=[N+]([O-])c1ccc2[nH]c(O)c(C(=Nc3ccc4[nH]ccc4c3)c3ccccc3)c2c1. The molecular weight excluding hydrogens is 380 g/mol. The molecule has 0 aliphatic carbocycles. The standard InChI is InChI=1S/C23H16N4O3/c28-23-21(18-13-17(27(29)30)7-9-20(18)26-23)22(14-4-2-1-3-5-14)25-16-6-8-19-15(12-16)10-11-24-19/h1-13,24,26,28H. The van der Waals surface area contributed by atoms with Crippen LogP contribution in [-0.2, 0) is 0 Å². The molecule has 0 saturated heterocycles. The van der Waals surface area contributed by atoms with Crippen molar-refractivity contribution >= 4 is 38.9 Å². The van der Waals surface area contributed by atoms with Gasteiger partial charge in [-0.25, -0.2) is 4.99 Å². The average Bonchev–Trinajstić information content (AvgIpc) is 3.35. The maximum absolute atomic E-state index is 11.3. The van der Waals surface area contributed by atoms with E-state index in [-0.39, 0.29) is 11.6 Å². The summed E-state index contributed by atoms with van der Waals surface area (Å²) < 4.78 is 0. The first-order valence-electron chi connectivity index (χ1n) is 9.31. The molecule has 0 aliphatic heterocycles. The van der Waals surface area contributed by atoms with Crippen LogP contribution in [0.5, 0.6) is 5.88 Å². The van der Waals surface area contributed by atoms with E-state index in [0.29, 0.717) is 27.9 Å². The van der Waals surface area contributed by atoms with Crippen molar-refractivity contribution in [3.8, 4) is 5.88 Å². The third kappa shape index (κ3) is 2.98. The lowest BCUT2D eigenvalue weighted by Gasteiger charge is -2.08. The largest absolute Gasteiger partial charge is 0.494 e. The molecule has 2 aromatic heterocycles. The van der Waals surface area contributed by atoms with Gasteiger partial charge >= 0.3 is 0 Å². The second-order valence-electron chi connectivity index (χ2n) is 6.91. The van der Waals surface area contributed by atoms with Crippen molar-refractivity contribution in [2.24, 2.45) is 4.99 Å². The average molecular weight is 396 g/mol. The number of aromatic amines is 2. The number of aromatic nitrogens is 2. The van der Waals surface area contributed by atoms with Crippen molar-refractivity contribution in [1.29, 1.82) is 0 Å². The Balaban J connectivity index is 1.78. The van der Waals surface area contributed by atoms with Crippen LogP contribution in [-0.4, -0.2) is 25.7 Å². The van der Waals surface area contributed by atoms with Gasteiger partial charge in [0, 0.05) is 45.7 Å². The quantitative estimate of drug-likeness (QED) is 0.214. The summed E-state index contributed by atoms with van der Waals surface area (Å²) in [7, 11) is 0. The van der Waals surface area contributed by atoms with Crippen molar-refractivity contribution in [1.82, 2.24) is 9.97 Å². The molecule has 146 valence electrons. The van der Waals surface area contributed by atoms with Crippen LogP contribution >= 0.6 is 0 Å². The lowest BCUT2D eigenvalue weighted by atomic mass is 10.0. The van der Waals surface area contributed by atoms with Crippen LogP contribution in [0.4, 0.5) is 11.4 Å². The van der Waals surface area contributed by atoms with Gasteiger partial charge in [-0.2, -0.15) is 0 Å². The first kappa shape index (κ1) is 17.7. The number of hydrogen-bond donors (Lipinski definition) is 3. The Kier molecular flexibility index (Phi) is 4.07. The van der Waals surface area contributed by atoms with Crippen LogP contribution in [0, 0.1) is 10.1 Å². The molecule has 0 unspecified atom stereocenters. The maximum atomic E-state index is 11.3. The molecule has 0 bridgehead atoms. The molecular formula is C23H16N4O3. The Morgan fingerprint density at radius 3 is 2.57 bits per heavy atom. The van der Waals surface area contributed by atoms with Gasteiger partial charge in [-0.3, -0.25) is 10.1 Å². The van der Waals surface area contributed by atoms with Crippen molar-refractivity contribution in [2.45, 2.75) is 0 Å². The second kappa shape index (κ2) is 6.89. The first-order valence-corrected chi connectivity index (χ1v) is 9.31. The number of H-pyrrole nitrogens is 2. The Labute approximate surface area is 170 Å². The maximum Gasteiger partial charge on any atom is 0.270 e. The van der Waals surface area contributed by atoms with Crippen LogP contribution < -0.4 is 0 Å². The molecule has 5 aromatic rings. The molecule has 0 aliphatic rings. The fraction of sp³-hybridized carbons (Fsp3) is 0. The number of nitrogens with zero attached hydrogens (tertiary/aromatic N) is 2. The summed E-state index contributed by atoms with van der Waals surface area (Å²) in [4.78, 5) is 21.7. The third-order valence-electron chi connectivity index (χ3n) is 5.03. The number of aromatic hydroxyl groups is 1. The highest BCUT2D eigenvalue weighted by molar-refractivity contribution is 6.22. The molecule has 7 heteroatoms. The number of nitro benzene ring substituents is 1. The fourth-order valence-corrected chi connectivity index (χ4v) is 3.62. The van der Waals surface area contributed by atoms with Crippen molar-refractivity contribution < 1.29 is 10.0 Å². The van der Waals surface area contributed by atoms with E-state index in [4.69, 9.17) is 4.99 Å². The van der Waals surface area contributed by atoms with Gasteiger partial charge in [0.05, 0.1) is 21.9 Å². The minimum absolute atomic E-state index is 0.0519. The Morgan fingerprint density at radius 1 is 0.967 bits per heavy atom. The van der Waals surface area contributed by atoms with Crippen LogP contribution in [0.1, 0.15) is 11.1 Å². The molecule has 0 fully saturated rings. The number of aliphatic imine (C=N–C) groups is 1. The molecule has 2 heterocycles. The van der Waals surface area contributed by atoms with Gasteiger partial charge in [0.1, 0.15) is 0 Å². The molecule has 30 heavy (non-hydrogen) atoms. The van der Waals surface area contributed by atoms with Gasteiger partial charge in [-0.15, -0.1) is 0 Å². The molecule has 3 N–H and O–H groups in total. The van der Waals surface area contributed by atoms with Crippen LogP contribution in [0.25, 0.3) is 21.8 Å². The van der Waals surface area contributed by atoms with E-state index >= 15 is 0 Å². The molecule has 0 atom stereocenters. The predicted octanol–water partition coefficient (Wildman–Crippen LogP) is 5.43. The lowest BCUT2D eigenvalue weighted by molar-refractivity contribution is -0.384. The normalized spacial score (nSPS) is 11.9. The molecule has 0 radical (unpaired) electrons. The monoisotopic (exact) mass is 396 g/mol. The van der Waals surface area contributed by atoms with E-state index < -0.39 is 4.92 Å². The number of hydrogen-bond acceptors (Lipinski definition) is 4. The van der Waals surface area contributed by atoms with Crippen LogP contribution in [0.15, 0.2) is 84.0 Å². The summed E-state index contributed by atoms with van der Waals surface area (Å²) in [6.45, 7) is 0. The predicted molar refractivity (Wildman–Crippen MR) is 117 cm³/mol. The van der Waals surface area contributed by atoms with E-state index in [1.165, 1.54) is 12.1 Å². The molecule has 0 amide bonds. The first-order chi connectivity index (χ1) is 14.6. The summed E-state index contributed by atoms with van der Waals surface area (Å²) in [5, 5.41) is 23.5. The smallest absolute Gasteiger partial charge is 0.270 e. The number of nitrogens with one attached hydrogen (secondary N) is 2. The van der Waals surface area contributed by atoms with Crippen LogP contribution in [0.3, 0.4) is 0 Å². The zero-order valence-electron chi connectivity index (χ0n) is 15.7. The van der Waals surface area contributed by atoms with Gasteiger partial charge < -0.3 is 15.1 Å². The van der Waals surface area contributed by atoms with Crippen molar-refractivity contribution in [3.63, 3.8) is 0 Å². The van der Waals surface area contributed by atoms with Crippen molar-refractivity contribution in [2.75, 3.05) is 0 Å². The van der Waals surface area contributed by atoms with Gasteiger partial charge in [0.15, 0.2) is 5.88 Å². The van der Waals surface area contributed by atoms with E-state index in [9.17, 15) is 15.2 Å². The number of benzene rings is 3. The fourth-order valence-electron chi connectivity index (χ4n) is 3.62. The highest BCUT2D eigenvalue weighted by Crippen LogP contribution is 2.34. The zero-order valence-corrected chi connectivity index (χ0v) is 15.7.